The minimum atomic E-state index is -4.08. The first-order valence-corrected chi connectivity index (χ1v) is 4.79. The molecule has 1 aliphatic rings. The summed E-state index contributed by atoms with van der Waals surface area (Å²) in [5.41, 5.74) is 4.66. The van der Waals surface area contributed by atoms with Gasteiger partial charge in [-0.05, 0) is 24.7 Å². The van der Waals surface area contributed by atoms with Gasteiger partial charge in [0.25, 0.3) is 6.02 Å². The Hall–Kier alpha value is -0.940. The van der Waals surface area contributed by atoms with E-state index in [-0.39, 0.29) is 12.6 Å². The summed E-state index contributed by atoms with van der Waals surface area (Å²) in [6.45, 7) is 0.208. The number of amidine groups is 1. The van der Waals surface area contributed by atoms with Gasteiger partial charge in [0.2, 0.25) is 0 Å². The molecule has 0 atom stereocenters. The highest BCUT2D eigenvalue weighted by Gasteiger charge is 2.50. The second-order valence-corrected chi connectivity index (χ2v) is 3.95. The molecule has 0 unspecified atom stereocenters. The van der Waals surface area contributed by atoms with E-state index in [1.54, 1.807) is 0 Å². The Kier molecular flexibility index (Phi) is 3.46. The standard InChI is InChI=1S/C9H15F3N2O/c1-14-7(13)15-5-4-8(2-3-8)6-9(10,11)12/h2-6H2,1H3,(H2,13,14). The lowest BCUT2D eigenvalue weighted by atomic mass is 9.98. The predicted octanol–water partition coefficient (Wildman–Crippen LogP) is 2.07. The maximum atomic E-state index is 12.2. The van der Waals surface area contributed by atoms with Gasteiger partial charge in [-0.25, -0.2) is 4.99 Å². The number of hydrogen-bond donors (Lipinski definition) is 1. The smallest absolute Gasteiger partial charge is 0.389 e. The summed E-state index contributed by atoms with van der Waals surface area (Å²) in [4.78, 5) is 3.55. The van der Waals surface area contributed by atoms with Gasteiger partial charge in [-0.1, -0.05) is 0 Å². The number of halogens is 3. The quantitative estimate of drug-likeness (QED) is 0.587. The molecular formula is C9H15F3N2O. The second kappa shape index (κ2) is 4.28. The van der Waals surface area contributed by atoms with E-state index in [2.05, 4.69) is 4.99 Å². The largest absolute Gasteiger partial charge is 0.465 e. The van der Waals surface area contributed by atoms with Crippen LogP contribution >= 0.6 is 0 Å². The lowest BCUT2D eigenvalue weighted by Gasteiger charge is -2.16. The Balaban J connectivity index is 2.26. The molecular weight excluding hydrogens is 209 g/mol. The normalized spacial score (nSPS) is 20.1. The van der Waals surface area contributed by atoms with Crippen LogP contribution in [-0.2, 0) is 4.74 Å². The Morgan fingerprint density at radius 2 is 2.07 bits per heavy atom. The zero-order chi connectivity index (χ0) is 11.5. The topological polar surface area (TPSA) is 47.6 Å². The van der Waals surface area contributed by atoms with Crippen molar-refractivity contribution in [2.45, 2.75) is 31.9 Å². The molecule has 1 fully saturated rings. The van der Waals surface area contributed by atoms with E-state index in [4.69, 9.17) is 10.5 Å². The van der Waals surface area contributed by atoms with Crippen LogP contribution in [0, 0.1) is 5.41 Å². The fourth-order valence-electron chi connectivity index (χ4n) is 1.55. The molecule has 2 N–H and O–H groups in total. The van der Waals surface area contributed by atoms with Crippen molar-refractivity contribution in [2.24, 2.45) is 16.1 Å². The molecule has 1 saturated carbocycles. The van der Waals surface area contributed by atoms with Gasteiger partial charge in [-0.3, -0.25) is 0 Å². The van der Waals surface area contributed by atoms with Crippen molar-refractivity contribution in [3.8, 4) is 0 Å². The molecule has 15 heavy (non-hydrogen) atoms. The van der Waals surface area contributed by atoms with E-state index in [0.29, 0.717) is 19.3 Å². The number of rotatable bonds is 4. The maximum Gasteiger partial charge on any atom is 0.389 e. The highest BCUT2D eigenvalue weighted by Crippen LogP contribution is 2.55. The van der Waals surface area contributed by atoms with Crippen molar-refractivity contribution < 1.29 is 17.9 Å². The van der Waals surface area contributed by atoms with Crippen molar-refractivity contribution in [2.75, 3.05) is 13.7 Å². The molecule has 0 aliphatic heterocycles. The highest BCUT2D eigenvalue weighted by atomic mass is 19.4. The fraction of sp³-hybridized carbons (Fsp3) is 0.889. The molecule has 0 aromatic rings. The Morgan fingerprint density at radius 1 is 1.47 bits per heavy atom. The minimum absolute atomic E-state index is 0.0257. The Labute approximate surface area is 86.5 Å². The molecule has 0 bridgehead atoms. The van der Waals surface area contributed by atoms with Gasteiger partial charge in [-0.15, -0.1) is 0 Å². The molecule has 0 spiro atoms. The molecule has 0 radical (unpaired) electrons. The summed E-state index contributed by atoms with van der Waals surface area (Å²) in [6, 6.07) is 0.0257. The van der Waals surface area contributed by atoms with Gasteiger partial charge in [0, 0.05) is 13.5 Å². The summed E-state index contributed by atoms with van der Waals surface area (Å²) in [6.07, 6.45) is -3.16. The monoisotopic (exact) mass is 224 g/mol. The number of ether oxygens (including phenoxy) is 1. The predicted molar refractivity (Wildman–Crippen MR) is 50.5 cm³/mol. The first kappa shape index (κ1) is 12.1. The summed E-state index contributed by atoms with van der Waals surface area (Å²) in [5, 5.41) is 0. The summed E-state index contributed by atoms with van der Waals surface area (Å²) >= 11 is 0. The number of aliphatic imine (C=N–C) groups is 1. The molecule has 0 aromatic heterocycles. The average Bonchev–Trinajstić information content (AvgIpc) is 2.81. The van der Waals surface area contributed by atoms with E-state index in [1.165, 1.54) is 7.05 Å². The molecule has 6 heteroatoms. The van der Waals surface area contributed by atoms with Crippen molar-refractivity contribution >= 4 is 6.02 Å². The van der Waals surface area contributed by atoms with Crippen LogP contribution in [0.15, 0.2) is 4.99 Å². The van der Waals surface area contributed by atoms with E-state index < -0.39 is 18.0 Å². The lowest BCUT2D eigenvalue weighted by Crippen LogP contribution is -2.21. The van der Waals surface area contributed by atoms with Crippen LogP contribution in [0.2, 0.25) is 0 Å². The van der Waals surface area contributed by atoms with Crippen molar-refractivity contribution in [1.29, 1.82) is 0 Å². The SMILES string of the molecule is CN=C(N)OCCC1(CC(F)(F)F)CC1. The summed E-state index contributed by atoms with van der Waals surface area (Å²) in [7, 11) is 1.47. The van der Waals surface area contributed by atoms with Crippen LogP contribution in [0.5, 0.6) is 0 Å². The van der Waals surface area contributed by atoms with Crippen LogP contribution in [0.4, 0.5) is 13.2 Å². The second-order valence-electron chi connectivity index (χ2n) is 3.95. The van der Waals surface area contributed by atoms with Gasteiger partial charge >= 0.3 is 6.18 Å². The maximum absolute atomic E-state index is 12.2. The number of nitrogens with two attached hydrogens (primary N) is 1. The fourth-order valence-corrected chi connectivity index (χ4v) is 1.55. The van der Waals surface area contributed by atoms with Crippen LogP contribution in [0.1, 0.15) is 25.7 Å². The van der Waals surface area contributed by atoms with Crippen LogP contribution < -0.4 is 5.73 Å². The molecule has 3 nitrogen and oxygen atoms in total. The minimum Gasteiger partial charge on any atom is -0.465 e. The third kappa shape index (κ3) is 4.40. The molecule has 1 rings (SSSR count). The third-order valence-electron chi connectivity index (χ3n) is 2.64. The van der Waals surface area contributed by atoms with Crippen molar-refractivity contribution in [1.82, 2.24) is 0 Å². The van der Waals surface area contributed by atoms with Gasteiger partial charge in [0.1, 0.15) is 0 Å². The van der Waals surface area contributed by atoms with E-state index in [9.17, 15) is 13.2 Å². The van der Waals surface area contributed by atoms with E-state index >= 15 is 0 Å². The number of nitrogens with zero attached hydrogens (tertiary/aromatic N) is 1. The Bertz CT molecular complexity index is 246. The Morgan fingerprint density at radius 3 is 2.47 bits per heavy atom. The molecule has 0 heterocycles. The molecule has 0 saturated heterocycles. The highest BCUT2D eigenvalue weighted by molar-refractivity contribution is 5.71. The zero-order valence-corrected chi connectivity index (χ0v) is 8.60. The van der Waals surface area contributed by atoms with Crippen LogP contribution in [-0.4, -0.2) is 25.9 Å². The number of alkyl halides is 3. The van der Waals surface area contributed by atoms with Crippen LogP contribution in [0.25, 0.3) is 0 Å². The summed E-state index contributed by atoms with van der Waals surface area (Å²) in [5.74, 6) is 0. The lowest BCUT2D eigenvalue weighted by molar-refractivity contribution is -0.148. The van der Waals surface area contributed by atoms with Gasteiger partial charge in [0.05, 0.1) is 6.61 Å². The molecule has 1 aliphatic carbocycles. The number of hydrogen-bond acceptors (Lipinski definition) is 2. The molecule has 0 aromatic carbocycles. The van der Waals surface area contributed by atoms with Crippen molar-refractivity contribution in [3.05, 3.63) is 0 Å². The average molecular weight is 224 g/mol. The summed E-state index contributed by atoms with van der Waals surface area (Å²) < 4.78 is 41.4. The first-order chi connectivity index (χ1) is 6.87. The van der Waals surface area contributed by atoms with Gasteiger partial charge in [0.15, 0.2) is 0 Å². The van der Waals surface area contributed by atoms with E-state index in [1.807, 2.05) is 0 Å². The molecule has 88 valence electrons. The van der Waals surface area contributed by atoms with Crippen LogP contribution in [0.3, 0.4) is 0 Å². The third-order valence-corrected chi connectivity index (χ3v) is 2.64. The van der Waals surface area contributed by atoms with E-state index in [0.717, 1.165) is 0 Å². The van der Waals surface area contributed by atoms with Gasteiger partial charge in [-0.2, -0.15) is 13.2 Å². The first-order valence-electron chi connectivity index (χ1n) is 4.79. The van der Waals surface area contributed by atoms with Gasteiger partial charge < -0.3 is 10.5 Å². The molecule has 0 amide bonds. The zero-order valence-electron chi connectivity index (χ0n) is 8.60. The van der Waals surface area contributed by atoms with Crippen molar-refractivity contribution in [3.63, 3.8) is 0 Å².